The number of ether oxygens (including phenoxy) is 3. The summed E-state index contributed by atoms with van der Waals surface area (Å²) in [6.45, 7) is 0.0970. The highest BCUT2D eigenvalue weighted by molar-refractivity contribution is 5.93. The molecule has 3 saturated carbocycles. The Bertz CT molecular complexity index is 1480. The minimum Gasteiger partial charge on any atom is -0.508 e. The summed E-state index contributed by atoms with van der Waals surface area (Å²) in [5.74, 6) is -0.688. The lowest BCUT2D eigenvalue weighted by atomic mass is 9.62. The van der Waals surface area contributed by atoms with Gasteiger partial charge in [0.05, 0.1) is 13.2 Å². The first-order valence-electron chi connectivity index (χ1n) is 15.8. The number of carbonyl (C=O) groups is 2. The highest BCUT2D eigenvalue weighted by atomic mass is 16.8. The molecule has 3 heterocycles. The highest BCUT2D eigenvalue weighted by Crippen LogP contribution is 2.63. The summed E-state index contributed by atoms with van der Waals surface area (Å²) < 4.78 is 19.7. The molecule has 2 aromatic carbocycles. The molecular weight excluding hydrogens is 564 g/mol. The molecule has 10 heteroatoms. The second-order valence-electron chi connectivity index (χ2n) is 13.1. The van der Waals surface area contributed by atoms with Gasteiger partial charge in [-0.1, -0.05) is 54.6 Å². The van der Waals surface area contributed by atoms with Crippen LogP contribution < -0.4 is 5.32 Å². The maximum atomic E-state index is 14.0. The first-order valence-corrected chi connectivity index (χ1v) is 15.8. The number of rotatable bonds is 10. The highest BCUT2D eigenvalue weighted by Gasteiger charge is 2.78. The Balaban J connectivity index is 1.12. The van der Waals surface area contributed by atoms with Crippen molar-refractivity contribution in [1.29, 1.82) is 0 Å². The molecule has 6 atom stereocenters. The second-order valence-corrected chi connectivity index (χ2v) is 13.1. The van der Waals surface area contributed by atoms with Gasteiger partial charge >= 0.3 is 5.97 Å². The Hall–Kier alpha value is -3.28. The Morgan fingerprint density at radius 2 is 1.70 bits per heavy atom. The summed E-state index contributed by atoms with van der Waals surface area (Å²) in [4.78, 5) is 34.5. The Labute approximate surface area is 255 Å². The van der Waals surface area contributed by atoms with E-state index in [1.165, 1.54) is 0 Å². The fraction of sp³-hybridized carbons (Fsp3) is 0.529. The van der Waals surface area contributed by atoms with E-state index in [1.54, 1.807) is 17.2 Å². The number of phenolic OH excluding ortho intramolecular Hbond substituents is 1. The van der Waals surface area contributed by atoms with Gasteiger partial charge < -0.3 is 29.7 Å². The van der Waals surface area contributed by atoms with Crippen molar-refractivity contribution in [3.8, 4) is 5.75 Å². The van der Waals surface area contributed by atoms with Crippen molar-refractivity contribution in [3.63, 3.8) is 0 Å². The summed E-state index contributed by atoms with van der Waals surface area (Å²) in [6, 6.07) is 14.1. The van der Waals surface area contributed by atoms with Crippen LogP contribution in [0.4, 0.5) is 0 Å². The van der Waals surface area contributed by atoms with Crippen molar-refractivity contribution in [2.24, 2.45) is 17.3 Å². The fourth-order valence-electron chi connectivity index (χ4n) is 8.01. The fourth-order valence-corrected chi connectivity index (χ4v) is 8.01. The van der Waals surface area contributed by atoms with Crippen molar-refractivity contribution in [2.75, 3.05) is 13.2 Å². The molecule has 0 spiro atoms. The summed E-state index contributed by atoms with van der Waals surface area (Å²) in [6.07, 6.45) is 6.52. The lowest BCUT2D eigenvalue weighted by molar-refractivity contribution is -0.235. The van der Waals surface area contributed by atoms with Crippen LogP contribution in [0.25, 0.3) is 6.08 Å². The number of hydroxylamine groups is 2. The van der Waals surface area contributed by atoms with Crippen molar-refractivity contribution in [3.05, 3.63) is 71.3 Å². The van der Waals surface area contributed by atoms with Crippen molar-refractivity contribution in [1.82, 2.24) is 10.4 Å². The standard InChI is InChI=1S/C34H38N2O8/c37-17-16-35-32(40)33-18-26-27-28(43-34(42-27,23-12-13-23)24-14-15-24)30(33)44-36(29(33)31(39)41-26)19-22-8-2-1-6-20(22)9-5-10-21-7-3-4-11-25(21)38/h1-9,11,23-24,26-30,37-38H,10,12-19H2,(H,35,40). The number of allylic oxidation sites excluding steroid dienone is 1. The monoisotopic (exact) mass is 602 g/mol. The van der Waals surface area contributed by atoms with Gasteiger partial charge in [-0.2, -0.15) is 5.06 Å². The van der Waals surface area contributed by atoms with Crippen LogP contribution in [0, 0.1) is 17.3 Å². The third-order valence-electron chi connectivity index (χ3n) is 10.3. The molecular formula is C34H38N2O8. The summed E-state index contributed by atoms with van der Waals surface area (Å²) in [5.41, 5.74) is 1.41. The minimum atomic E-state index is -1.25. The maximum absolute atomic E-state index is 14.0. The predicted molar refractivity (Wildman–Crippen MR) is 156 cm³/mol. The topological polar surface area (TPSA) is 127 Å². The number of aromatic hydroxyl groups is 1. The summed E-state index contributed by atoms with van der Waals surface area (Å²) in [7, 11) is 0. The number of amides is 1. The van der Waals surface area contributed by atoms with Crippen LogP contribution in [0.3, 0.4) is 0 Å². The van der Waals surface area contributed by atoms with Gasteiger partial charge in [-0.05, 0) is 54.9 Å². The van der Waals surface area contributed by atoms with Crippen LogP contribution in [-0.2, 0) is 41.6 Å². The molecule has 2 aromatic rings. The number of nitrogens with zero attached hydrogens (tertiary/aromatic N) is 1. The lowest BCUT2D eigenvalue weighted by Gasteiger charge is -2.48. The number of fused-ring (bicyclic) bond motifs is 4. The van der Waals surface area contributed by atoms with E-state index in [0.717, 1.165) is 42.4 Å². The zero-order chi connectivity index (χ0) is 30.1. The van der Waals surface area contributed by atoms with Gasteiger partial charge in [0.2, 0.25) is 5.91 Å². The number of nitrogens with one attached hydrogen (secondary N) is 1. The van der Waals surface area contributed by atoms with Crippen molar-refractivity contribution >= 4 is 18.0 Å². The van der Waals surface area contributed by atoms with E-state index in [9.17, 15) is 19.8 Å². The molecule has 6 fully saturated rings. The van der Waals surface area contributed by atoms with Crippen molar-refractivity contribution in [2.45, 2.75) is 81.3 Å². The Kier molecular flexibility index (Phi) is 6.84. The number of aliphatic hydroxyl groups excluding tert-OH is 1. The first kappa shape index (κ1) is 28.2. The van der Waals surface area contributed by atoms with E-state index in [-0.39, 0.29) is 37.8 Å². The average molecular weight is 603 g/mol. The number of benzene rings is 2. The molecule has 0 aromatic heterocycles. The molecule has 3 aliphatic carbocycles. The molecule has 8 rings (SSSR count). The van der Waals surface area contributed by atoms with Crippen LogP contribution in [0.2, 0.25) is 0 Å². The second kappa shape index (κ2) is 10.7. The van der Waals surface area contributed by atoms with E-state index in [1.807, 2.05) is 48.6 Å². The van der Waals surface area contributed by atoms with Gasteiger partial charge in [0.25, 0.3) is 0 Å². The SMILES string of the molecule is O=C1OC2CC3(C(=O)NCCO)C(ON(Cc4ccccc4C=CCc4ccccc4O)C13)C1OC(C3CC3)(C3CC3)OC21. The molecule has 3 N–H and O–H groups in total. The molecule has 232 valence electrons. The summed E-state index contributed by atoms with van der Waals surface area (Å²) >= 11 is 0. The number of para-hydroxylation sites is 1. The van der Waals surface area contributed by atoms with E-state index in [0.29, 0.717) is 18.3 Å². The zero-order valence-corrected chi connectivity index (χ0v) is 24.5. The predicted octanol–water partition coefficient (Wildman–Crippen LogP) is 2.86. The number of esters is 1. The first-order chi connectivity index (χ1) is 21.4. The number of aliphatic hydroxyl groups is 1. The van der Waals surface area contributed by atoms with Gasteiger partial charge in [-0.25, -0.2) is 0 Å². The van der Waals surface area contributed by atoms with Gasteiger partial charge in [0.15, 0.2) is 11.8 Å². The van der Waals surface area contributed by atoms with Gasteiger partial charge in [0.1, 0.15) is 35.6 Å². The van der Waals surface area contributed by atoms with Gasteiger partial charge in [-0.3, -0.25) is 14.4 Å². The minimum absolute atomic E-state index is 0.0733. The van der Waals surface area contributed by atoms with E-state index in [4.69, 9.17) is 19.0 Å². The molecule has 6 unspecified atom stereocenters. The molecule has 3 aliphatic heterocycles. The van der Waals surface area contributed by atoms with E-state index < -0.39 is 47.6 Å². The van der Waals surface area contributed by atoms with Gasteiger partial charge in [0, 0.05) is 24.8 Å². The van der Waals surface area contributed by atoms with Crippen molar-refractivity contribution < 1.29 is 38.9 Å². The molecule has 1 amide bonds. The smallest absolute Gasteiger partial charge is 0.327 e. The number of hydrogen-bond acceptors (Lipinski definition) is 9. The number of hydrogen-bond donors (Lipinski definition) is 3. The normalized spacial score (nSPS) is 33.8. The van der Waals surface area contributed by atoms with Crippen LogP contribution in [-0.4, -0.2) is 76.5 Å². The molecule has 44 heavy (non-hydrogen) atoms. The van der Waals surface area contributed by atoms with Crippen LogP contribution >= 0.6 is 0 Å². The van der Waals surface area contributed by atoms with Crippen LogP contribution in [0.5, 0.6) is 5.75 Å². The van der Waals surface area contributed by atoms with Crippen LogP contribution in [0.1, 0.15) is 48.8 Å². The molecule has 0 radical (unpaired) electrons. The maximum Gasteiger partial charge on any atom is 0.327 e. The molecule has 10 nitrogen and oxygen atoms in total. The third-order valence-corrected chi connectivity index (χ3v) is 10.3. The molecule has 6 aliphatic rings. The largest absolute Gasteiger partial charge is 0.508 e. The van der Waals surface area contributed by atoms with Gasteiger partial charge in [-0.15, -0.1) is 0 Å². The quantitative estimate of drug-likeness (QED) is 0.352. The zero-order valence-electron chi connectivity index (χ0n) is 24.5. The summed E-state index contributed by atoms with van der Waals surface area (Å²) in [5, 5.41) is 24.1. The van der Waals surface area contributed by atoms with E-state index >= 15 is 0 Å². The number of phenols is 1. The van der Waals surface area contributed by atoms with Crippen LogP contribution in [0.15, 0.2) is 54.6 Å². The Morgan fingerprint density at radius 3 is 2.43 bits per heavy atom. The number of carbonyl (C=O) groups excluding carboxylic acids is 2. The van der Waals surface area contributed by atoms with E-state index in [2.05, 4.69) is 5.32 Å². The molecule has 3 saturated heterocycles. The lowest BCUT2D eigenvalue weighted by Crippen LogP contribution is -2.69. The third kappa shape index (κ3) is 4.41. The average Bonchev–Trinajstić information content (AvgIpc) is 3.97. The molecule has 2 bridgehead atoms. The Morgan fingerprint density at radius 1 is 1.00 bits per heavy atom.